The molecule has 1 N–H and O–H groups in total. The van der Waals surface area contributed by atoms with Gasteiger partial charge in [0.1, 0.15) is 0 Å². The number of carbonyl (C=O) groups is 1. The molecule has 3 atom stereocenters. The highest BCUT2D eigenvalue weighted by Gasteiger charge is 2.31. The van der Waals surface area contributed by atoms with E-state index in [1.54, 1.807) is 0 Å². The van der Waals surface area contributed by atoms with Crippen LogP contribution in [0.2, 0.25) is 0 Å². The van der Waals surface area contributed by atoms with Crippen molar-refractivity contribution in [3.8, 4) is 0 Å². The Hall–Kier alpha value is -2.17. The molecule has 1 heterocycles. The molecule has 0 spiro atoms. The quantitative estimate of drug-likeness (QED) is 0.826. The molecule has 1 aliphatic heterocycles. The molecular formula is C24H33N3O. The zero-order chi connectivity index (χ0) is 20.1. The summed E-state index contributed by atoms with van der Waals surface area (Å²) >= 11 is 0. The van der Waals surface area contributed by atoms with Gasteiger partial charge in [-0.3, -0.25) is 9.69 Å². The molecule has 0 saturated carbocycles. The Labute approximate surface area is 169 Å². The number of nitrogens with zero attached hydrogens (tertiary/aromatic N) is 2. The van der Waals surface area contributed by atoms with Crippen molar-refractivity contribution in [2.45, 2.75) is 45.8 Å². The fourth-order valence-electron chi connectivity index (χ4n) is 4.12. The van der Waals surface area contributed by atoms with Crippen LogP contribution in [0.15, 0.2) is 54.6 Å². The molecule has 0 radical (unpaired) electrons. The smallest absolute Gasteiger partial charge is 0.253 e. The van der Waals surface area contributed by atoms with Gasteiger partial charge in [0.25, 0.3) is 5.91 Å². The monoisotopic (exact) mass is 379 g/mol. The van der Waals surface area contributed by atoms with Gasteiger partial charge in [-0.05, 0) is 51.0 Å². The van der Waals surface area contributed by atoms with Gasteiger partial charge in [-0.15, -0.1) is 0 Å². The van der Waals surface area contributed by atoms with Crippen LogP contribution in [-0.2, 0) is 0 Å². The summed E-state index contributed by atoms with van der Waals surface area (Å²) in [5, 5.41) is 3.58. The molecular weight excluding hydrogens is 346 g/mol. The Morgan fingerprint density at radius 1 is 1.04 bits per heavy atom. The van der Waals surface area contributed by atoms with Crippen molar-refractivity contribution >= 4 is 5.91 Å². The summed E-state index contributed by atoms with van der Waals surface area (Å²) in [6.07, 6.45) is 0. The van der Waals surface area contributed by atoms with Gasteiger partial charge >= 0.3 is 0 Å². The predicted molar refractivity (Wildman–Crippen MR) is 116 cm³/mol. The predicted octanol–water partition coefficient (Wildman–Crippen LogP) is 3.94. The summed E-state index contributed by atoms with van der Waals surface area (Å²) in [5.41, 5.74) is 3.30. The maximum absolute atomic E-state index is 12.7. The second-order valence-corrected chi connectivity index (χ2v) is 7.77. The van der Waals surface area contributed by atoms with Gasteiger partial charge in [0, 0.05) is 43.8 Å². The van der Waals surface area contributed by atoms with Crippen molar-refractivity contribution in [2.75, 3.05) is 26.2 Å². The summed E-state index contributed by atoms with van der Waals surface area (Å²) < 4.78 is 0. The van der Waals surface area contributed by atoms with Crippen LogP contribution in [0.25, 0.3) is 0 Å². The minimum Gasteiger partial charge on any atom is -0.339 e. The average molecular weight is 380 g/mol. The number of piperazine rings is 1. The summed E-state index contributed by atoms with van der Waals surface area (Å²) in [4.78, 5) is 17.1. The van der Waals surface area contributed by atoms with E-state index >= 15 is 0 Å². The van der Waals surface area contributed by atoms with Crippen LogP contribution in [0.1, 0.15) is 55.2 Å². The third-order valence-corrected chi connectivity index (χ3v) is 5.78. The van der Waals surface area contributed by atoms with E-state index in [2.05, 4.69) is 66.5 Å². The number of hydrogen-bond acceptors (Lipinski definition) is 3. The second kappa shape index (κ2) is 9.35. The molecule has 1 fully saturated rings. The minimum atomic E-state index is 0.108. The van der Waals surface area contributed by atoms with Crippen molar-refractivity contribution in [3.63, 3.8) is 0 Å². The number of carbonyl (C=O) groups excluding carboxylic acids is 1. The molecule has 0 aliphatic carbocycles. The van der Waals surface area contributed by atoms with Crippen LogP contribution < -0.4 is 5.32 Å². The van der Waals surface area contributed by atoms with E-state index in [-0.39, 0.29) is 11.9 Å². The Bertz CT molecular complexity index is 755. The van der Waals surface area contributed by atoms with Crippen molar-refractivity contribution in [3.05, 3.63) is 71.3 Å². The molecule has 1 amide bonds. The fraction of sp³-hybridized carbons (Fsp3) is 0.458. The van der Waals surface area contributed by atoms with Crippen LogP contribution >= 0.6 is 0 Å². The molecule has 1 aliphatic rings. The minimum absolute atomic E-state index is 0.108. The number of benzene rings is 2. The maximum Gasteiger partial charge on any atom is 0.253 e. The summed E-state index contributed by atoms with van der Waals surface area (Å²) in [6.45, 7) is 12.0. The molecule has 0 bridgehead atoms. The standard InChI is InChI=1S/C24H33N3O/c1-5-26(6-2)24(28)22-14-12-21(13-15-22)23(20-10-8-7-9-11-20)27-17-18(3)25-16-19(27)4/h7-15,18-19,23,25H,5-6,16-17H2,1-4H3/t18-,19+,23?/m1/s1. The summed E-state index contributed by atoms with van der Waals surface area (Å²) in [7, 11) is 0. The van der Waals surface area contributed by atoms with Crippen molar-refractivity contribution in [1.82, 2.24) is 15.1 Å². The lowest BCUT2D eigenvalue weighted by molar-refractivity contribution is 0.0773. The van der Waals surface area contributed by atoms with Crippen molar-refractivity contribution in [2.24, 2.45) is 0 Å². The highest BCUT2D eigenvalue weighted by Crippen LogP contribution is 2.32. The van der Waals surface area contributed by atoms with Gasteiger partial charge in [0.2, 0.25) is 0 Å². The lowest BCUT2D eigenvalue weighted by Gasteiger charge is -2.43. The first-order valence-electron chi connectivity index (χ1n) is 10.5. The largest absolute Gasteiger partial charge is 0.339 e. The first-order valence-corrected chi connectivity index (χ1v) is 10.5. The lowest BCUT2D eigenvalue weighted by atomic mass is 9.93. The molecule has 4 heteroatoms. The van der Waals surface area contributed by atoms with E-state index in [0.717, 1.165) is 31.7 Å². The van der Waals surface area contributed by atoms with Crippen LogP contribution in [0, 0.1) is 0 Å². The SMILES string of the molecule is CCN(CC)C(=O)c1ccc(C(c2ccccc2)N2C[C@@H](C)NC[C@@H]2C)cc1. The lowest BCUT2D eigenvalue weighted by Crippen LogP contribution is -2.55. The molecule has 2 aromatic carbocycles. The van der Waals surface area contributed by atoms with E-state index in [1.807, 2.05) is 30.9 Å². The van der Waals surface area contributed by atoms with Crippen LogP contribution in [0.4, 0.5) is 0 Å². The molecule has 1 saturated heterocycles. The number of rotatable bonds is 6. The van der Waals surface area contributed by atoms with Gasteiger partial charge < -0.3 is 10.2 Å². The van der Waals surface area contributed by atoms with Gasteiger partial charge in [-0.1, -0.05) is 42.5 Å². The summed E-state index contributed by atoms with van der Waals surface area (Å²) in [6, 6.07) is 20.0. The van der Waals surface area contributed by atoms with Crippen molar-refractivity contribution < 1.29 is 4.79 Å². The topological polar surface area (TPSA) is 35.6 Å². The zero-order valence-corrected chi connectivity index (χ0v) is 17.6. The van der Waals surface area contributed by atoms with Crippen LogP contribution in [0.5, 0.6) is 0 Å². The third-order valence-electron chi connectivity index (χ3n) is 5.78. The van der Waals surface area contributed by atoms with Gasteiger partial charge in [0.05, 0.1) is 6.04 Å². The Morgan fingerprint density at radius 3 is 2.25 bits per heavy atom. The van der Waals surface area contributed by atoms with Crippen molar-refractivity contribution in [1.29, 1.82) is 0 Å². The van der Waals surface area contributed by atoms with Gasteiger partial charge in [-0.25, -0.2) is 0 Å². The van der Waals surface area contributed by atoms with E-state index in [0.29, 0.717) is 12.1 Å². The molecule has 150 valence electrons. The molecule has 4 nitrogen and oxygen atoms in total. The molecule has 3 rings (SSSR count). The maximum atomic E-state index is 12.7. The van der Waals surface area contributed by atoms with Crippen LogP contribution in [-0.4, -0.2) is 54.0 Å². The van der Waals surface area contributed by atoms with Gasteiger partial charge in [-0.2, -0.15) is 0 Å². The van der Waals surface area contributed by atoms with Gasteiger partial charge in [0.15, 0.2) is 0 Å². The fourth-order valence-corrected chi connectivity index (χ4v) is 4.12. The van der Waals surface area contributed by atoms with Crippen LogP contribution in [0.3, 0.4) is 0 Å². The zero-order valence-electron chi connectivity index (χ0n) is 17.6. The molecule has 0 aromatic heterocycles. The Morgan fingerprint density at radius 2 is 1.64 bits per heavy atom. The molecule has 28 heavy (non-hydrogen) atoms. The molecule has 1 unspecified atom stereocenters. The highest BCUT2D eigenvalue weighted by atomic mass is 16.2. The first-order chi connectivity index (χ1) is 13.5. The van der Waals surface area contributed by atoms with E-state index in [1.165, 1.54) is 11.1 Å². The highest BCUT2D eigenvalue weighted by molar-refractivity contribution is 5.94. The Kier molecular flexibility index (Phi) is 6.87. The third kappa shape index (κ3) is 4.45. The second-order valence-electron chi connectivity index (χ2n) is 7.77. The number of nitrogens with one attached hydrogen (secondary N) is 1. The first kappa shape index (κ1) is 20.6. The molecule has 2 aromatic rings. The summed E-state index contributed by atoms with van der Waals surface area (Å²) in [5.74, 6) is 0.108. The van der Waals surface area contributed by atoms with E-state index < -0.39 is 0 Å². The van der Waals surface area contributed by atoms with E-state index in [9.17, 15) is 4.79 Å². The normalized spacial score (nSPS) is 21.3. The van der Waals surface area contributed by atoms with E-state index in [4.69, 9.17) is 0 Å². The Balaban J connectivity index is 1.94. The number of amides is 1. The number of hydrogen-bond donors (Lipinski definition) is 1. The average Bonchev–Trinajstić information content (AvgIpc) is 2.73.